The van der Waals surface area contributed by atoms with E-state index in [1.807, 2.05) is 20.8 Å². The van der Waals surface area contributed by atoms with Gasteiger partial charge in [-0.15, -0.1) is 0 Å². The van der Waals surface area contributed by atoms with E-state index < -0.39 is 0 Å². The van der Waals surface area contributed by atoms with E-state index in [1.54, 1.807) is 24.3 Å². The molecule has 5 heteroatoms. The summed E-state index contributed by atoms with van der Waals surface area (Å²) in [6, 6.07) is 7.05. The van der Waals surface area contributed by atoms with Gasteiger partial charge >= 0.3 is 6.03 Å². The van der Waals surface area contributed by atoms with Crippen LogP contribution in [0.3, 0.4) is 0 Å². The smallest absolute Gasteiger partial charge is 0.319 e. The minimum absolute atomic E-state index is 0.145. The molecule has 5 nitrogen and oxygen atoms in total. The molecule has 3 N–H and O–H groups in total. The lowest BCUT2D eigenvalue weighted by atomic mass is 9.96. The van der Waals surface area contributed by atoms with E-state index in [4.69, 9.17) is 0 Å². The fourth-order valence-corrected chi connectivity index (χ4v) is 2.75. The number of anilines is 1. The van der Waals surface area contributed by atoms with E-state index in [0.717, 1.165) is 12.8 Å². The predicted molar refractivity (Wildman–Crippen MR) is 92.7 cm³/mol. The Kier molecular flexibility index (Phi) is 5.64. The van der Waals surface area contributed by atoms with Crippen molar-refractivity contribution in [3.63, 3.8) is 0 Å². The lowest BCUT2D eigenvalue weighted by Crippen LogP contribution is -2.40. The maximum absolute atomic E-state index is 12.2. The molecule has 1 aliphatic carbocycles. The van der Waals surface area contributed by atoms with Crippen molar-refractivity contribution < 1.29 is 9.59 Å². The summed E-state index contributed by atoms with van der Waals surface area (Å²) in [7, 11) is 0. The zero-order valence-electron chi connectivity index (χ0n) is 14.2. The summed E-state index contributed by atoms with van der Waals surface area (Å²) in [4.78, 5) is 24.2. The van der Waals surface area contributed by atoms with Gasteiger partial charge in [0.2, 0.25) is 0 Å². The Morgan fingerprint density at radius 1 is 1.09 bits per heavy atom. The molecule has 1 fully saturated rings. The third-order valence-electron chi connectivity index (χ3n) is 3.81. The summed E-state index contributed by atoms with van der Waals surface area (Å²) in [6.07, 6.45) is 5.69. The summed E-state index contributed by atoms with van der Waals surface area (Å²) >= 11 is 0. The Morgan fingerprint density at radius 2 is 1.78 bits per heavy atom. The van der Waals surface area contributed by atoms with Crippen LogP contribution in [-0.2, 0) is 0 Å². The van der Waals surface area contributed by atoms with E-state index in [-0.39, 0.29) is 23.5 Å². The standard InChI is InChI=1S/C18H27N3O2/c1-18(2,3)21-16(22)13-8-7-11-15(12-13)20-17(23)19-14-9-5-4-6-10-14/h7-8,11-12,14H,4-6,9-10H2,1-3H3,(H,21,22)(H2,19,20,23). The number of nitrogens with one attached hydrogen (secondary N) is 3. The Labute approximate surface area is 138 Å². The highest BCUT2D eigenvalue weighted by Crippen LogP contribution is 2.18. The average Bonchev–Trinajstić information content (AvgIpc) is 2.46. The van der Waals surface area contributed by atoms with Crippen LogP contribution in [0.25, 0.3) is 0 Å². The van der Waals surface area contributed by atoms with Crippen LogP contribution in [0.1, 0.15) is 63.2 Å². The quantitative estimate of drug-likeness (QED) is 0.796. The van der Waals surface area contributed by atoms with Crippen LogP contribution in [0.4, 0.5) is 10.5 Å². The van der Waals surface area contributed by atoms with Crippen molar-refractivity contribution >= 4 is 17.6 Å². The normalized spacial score (nSPS) is 15.8. The molecule has 0 saturated heterocycles. The van der Waals surface area contributed by atoms with Gasteiger partial charge in [0.05, 0.1) is 0 Å². The number of amides is 3. The first-order valence-corrected chi connectivity index (χ1v) is 8.33. The van der Waals surface area contributed by atoms with Gasteiger partial charge in [-0.05, 0) is 51.8 Å². The third kappa shape index (κ3) is 5.93. The molecule has 1 aliphatic rings. The van der Waals surface area contributed by atoms with Crippen LogP contribution >= 0.6 is 0 Å². The lowest BCUT2D eigenvalue weighted by molar-refractivity contribution is 0.0919. The molecule has 1 aromatic rings. The fraction of sp³-hybridized carbons (Fsp3) is 0.556. The van der Waals surface area contributed by atoms with Crippen molar-refractivity contribution in [2.24, 2.45) is 0 Å². The Hall–Kier alpha value is -2.04. The van der Waals surface area contributed by atoms with Crippen LogP contribution in [0.2, 0.25) is 0 Å². The SMILES string of the molecule is CC(C)(C)NC(=O)c1cccc(NC(=O)NC2CCCCC2)c1. The maximum Gasteiger partial charge on any atom is 0.319 e. The molecule has 0 aromatic heterocycles. The molecule has 1 saturated carbocycles. The lowest BCUT2D eigenvalue weighted by Gasteiger charge is -2.23. The second kappa shape index (κ2) is 7.49. The zero-order chi connectivity index (χ0) is 16.9. The number of carbonyl (C=O) groups is 2. The molecule has 126 valence electrons. The van der Waals surface area contributed by atoms with E-state index in [9.17, 15) is 9.59 Å². The van der Waals surface area contributed by atoms with Gasteiger partial charge in [0.1, 0.15) is 0 Å². The highest BCUT2D eigenvalue weighted by molar-refractivity contribution is 5.97. The van der Waals surface area contributed by atoms with Crippen LogP contribution in [0.15, 0.2) is 24.3 Å². The monoisotopic (exact) mass is 317 g/mol. The van der Waals surface area contributed by atoms with Crippen LogP contribution < -0.4 is 16.0 Å². The van der Waals surface area contributed by atoms with E-state index in [1.165, 1.54) is 19.3 Å². The van der Waals surface area contributed by atoms with Gasteiger partial charge < -0.3 is 16.0 Å². The molecule has 0 spiro atoms. The van der Waals surface area contributed by atoms with E-state index >= 15 is 0 Å². The summed E-state index contributed by atoms with van der Waals surface area (Å²) in [6.45, 7) is 5.81. The molecule has 3 amide bonds. The number of hydrogen-bond acceptors (Lipinski definition) is 2. The molecule has 0 unspecified atom stereocenters. The molecule has 23 heavy (non-hydrogen) atoms. The molecule has 1 aromatic carbocycles. The highest BCUT2D eigenvalue weighted by atomic mass is 16.2. The molecule has 0 heterocycles. The summed E-state index contributed by atoms with van der Waals surface area (Å²) in [5.74, 6) is -0.145. The number of carbonyl (C=O) groups excluding carboxylic acids is 2. The second-order valence-corrected chi connectivity index (χ2v) is 7.22. The largest absolute Gasteiger partial charge is 0.347 e. The van der Waals surface area contributed by atoms with Gasteiger partial charge in [0, 0.05) is 22.8 Å². The highest BCUT2D eigenvalue weighted by Gasteiger charge is 2.17. The Bertz CT molecular complexity index is 558. The number of hydrogen-bond donors (Lipinski definition) is 3. The molecule has 0 atom stereocenters. The summed E-state index contributed by atoms with van der Waals surface area (Å²) < 4.78 is 0. The van der Waals surface area contributed by atoms with Crippen molar-refractivity contribution in [1.82, 2.24) is 10.6 Å². The van der Waals surface area contributed by atoms with E-state index in [2.05, 4.69) is 16.0 Å². The van der Waals surface area contributed by atoms with Gasteiger partial charge in [0.15, 0.2) is 0 Å². The first kappa shape index (κ1) is 17.3. The number of rotatable bonds is 3. The first-order valence-electron chi connectivity index (χ1n) is 8.33. The summed E-state index contributed by atoms with van der Waals surface area (Å²) in [5, 5.41) is 8.74. The summed E-state index contributed by atoms with van der Waals surface area (Å²) in [5.41, 5.74) is 0.869. The van der Waals surface area contributed by atoms with E-state index in [0.29, 0.717) is 11.3 Å². The Morgan fingerprint density at radius 3 is 2.43 bits per heavy atom. The second-order valence-electron chi connectivity index (χ2n) is 7.22. The van der Waals surface area contributed by atoms with Gasteiger partial charge in [0.25, 0.3) is 5.91 Å². The van der Waals surface area contributed by atoms with Gasteiger partial charge in [-0.1, -0.05) is 25.3 Å². The van der Waals surface area contributed by atoms with Gasteiger partial charge in [-0.3, -0.25) is 4.79 Å². The number of benzene rings is 1. The topological polar surface area (TPSA) is 70.2 Å². The van der Waals surface area contributed by atoms with Gasteiger partial charge in [-0.2, -0.15) is 0 Å². The predicted octanol–water partition coefficient (Wildman–Crippen LogP) is 3.67. The Balaban J connectivity index is 1.93. The molecule has 0 bridgehead atoms. The minimum Gasteiger partial charge on any atom is -0.347 e. The third-order valence-corrected chi connectivity index (χ3v) is 3.81. The van der Waals surface area contributed by atoms with Crippen molar-refractivity contribution in [1.29, 1.82) is 0 Å². The average molecular weight is 317 g/mol. The van der Waals surface area contributed by atoms with Crippen LogP contribution in [-0.4, -0.2) is 23.5 Å². The fourth-order valence-electron chi connectivity index (χ4n) is 2.75. The first-order chi connectivity index (χ1) is 10.8. The van der Waals surface area contributed by atoms with Crippen LogP contribution in [0.5, 0.6) is 0 Å². The van der Waals surface area contributed by atoms with Crippen molar-refractivity contribution in [2.75, 3.05) is 5.32 Å². The van der Waals surface area contributed by atoms with Crippen molar-refractivity contribution in [3.05, 3.63) is 29.8 Å². The molecular formula is C18H27N3O2. The molecule has 0 radical (unpaired) electrons. The number of urea groups is 1. The molecule has 2 rings (SSSR count). The minimum atomic E-state index is -0.293. The molecular weight excluding hydrogens is 290 g/mol. The molecule has 0 aliphatic heterocycles. The zero-order valence-corrected chi connectivity index (χ0v) is 14.2. The van der Waals surface area contributed by atoms with Crippen LogP contribution in [0, 0.1) is 0 Å². The van der Waals surface area contributed by atoms with Crippen molar-refractivity contribution in [3.8, 4) is 0 Å². The van der Waals surface area contributed by atoms with Gasteiger partial charge in [-0.25, -0.2) is 4.79 Å². The van der Waals surface area contributed by atoms with Crippen molar-refractivity contribution in [2.45, 2.75) is 64.5 Å². The maximum atomic E-state index is 12.2.